The molecule has 1 rings (SSSR count). The standard InChI is InChI=1S/C16H30N2O2SSi/c1-11(2)22(12(3)4,13(5)6)21-10-14-9-17-15(19-7)16(18-14)20-8/h9,11-13H,10H2,1-8H3. The highest BCUT2D eigenvalue weighted by Gasteiger charge is 2.43. The van der Waals surface area contributed by atoms with Gasteiger partial charge in [0.1, 0.15) is 7.22 Å². The lowest BCUT2D eigenvalue weighted by atomic mass is 10.5. The van der Waals surface area contributed by atoms with Gasteiger partial charge in [-0.2, -0.15) is 11.2 Å². The lowest BCUT2D eigenvalue weighted by Gasteiger charge is -2.42. The summed E-state index contributed by atoms with van der Waals surface area (Å²) in [7, 11) is 1.69. The van der Waals surface area contributed by atoms with E-state index in [1.54, 1.807) is 20.4 Å². The van der Waals surface area contributed by atoms with Gasteiger partial charge in [0.15, 0.2) is 0 Å². The first-order valence-corrected chi connectivity index (χ1v) is 11.8. The van der Waals surface area contributed by atoms with Crippen molar-refractivity contribution in [2.24, 2.45) is 0 Å². The number of hydrogen-bond acceptors (Lipinski definition) is 5. The number of rotatable bonds is 8. The van der Waals surface area contributed by atoms with Gasteiger partial charge in [0, 0.05) is 5.75 Å². The SMILES string of the molecule is COc1ncc(CS[Si](C(C)C)(C(C)C)C(C)C)nc1OC. The molecule has 0 bridgehead atoms. The molecular formula is C16H30N2O2SSi. The predicted molar refractivity (Wildman–Crippen MR) is 97.5 cm³/mol. The highest BCUT2D eigenvalue weighted by atomic mass is 32.4. The molecule has 0 aliphatic heterocycles. The normalized spacial score (nSPS) is 12.3. The lowest BCUT2D eigenvalue weighted by Crippen LogP contribution is -2.41. The van der Waals surface area contributed by atoms with Crippen LogP contribution in [0, 0.1) is 0 Å². The van der Waals surface area contributed by atoms with E-state index in [0.29, 0.717) is 11.8 Å². The molecule has 1 heterocycles. The van der Waals surface area contributed by atoms with Gasteiger partial charge in [0.25, 0.3) is 11.8 Å². The van der Waals surface area contributed by atoms with Crippen LogP contribution in [-0.4, -0.2) is 31.4 Å². The van der Waals surface area contributed by atoms with Crippen molar-refractivity contribution in [3.05, 3.63) is 11.9 Å². The molecule has 0 amide bonds. The van der Waals surface area contributed by atoms with E-state index in [4.69, 9.17) is 9.47 Å². The smallest absolute Gasteiger partial charge is 0.278 e. The van der Waals surface area contributed by atoms with Crippen LogP contribution in [0.4, 0.5) is 0 Å². The molecule has 0 unspecified atom stereocenters. The second kappa shape index (κ2) is 8.20. The van der Waals surface area contributed by atoms with E-state index in [1.807, 2.05) is 0 Å². The minimum atomic E-state index is -1.48. The van der Waals surface area contributed by atoms with E-state index in [0.717, 1.165) is 28.1 Å². The van der Waals surface area contributed by atoms with E-state index < -0.39 is 7.22 Å². The summed E-state index contributed by atoms with van der Waals surface area (Å²) in [4.78, 5) is 8.83. The monoisotopic (exact) mass is 342 g/mol. The summed E-state index contributed by atoms with van der Waals surface area (Å²) >= 11 is 2.12. The van der Waals surface area contributed by atoms with Crippen molar-refractivity contribution in [1.29, 1.82) is 0 Å². The Hall–Kier alpha value is -0.753. The van der Waals surface area contributed by atoms with Crippen LogP contribution in [0.1, 0.15) is 47.2 Å². The number of methoxy groups -OCH3 is 2. The summed E-state index contributed by atoms with van der Waals surface area (Å²) < 4.78 is 10.4. The molecule has 0 N–H and O–H groups in total. The average Bonchev–Trinajstić information content (AvgIpc) is 2.46. The molecule has 0 saturated heterocycles. The van der Waals surface area contributed by atoms with Crippen molar-refractivity contribution >= 4 is 18.4 Å². The zero-order chi connectivity index (χ0) is 16.9. The van der Waals surface area contributed by atoms with E-state index in [9.17, 15) is 0 Å². The predicted octanol–water partition coefficient (Wildman–Crippen LogP) is 4.90. The zero-order valence-corrected chi connectivity index (χ0v) is 17.0. The first kappa shape index (κ1) is 19.3. The highest BCUT2D eigenvalue weighted by molar-refractivity contribution is 8.28. The van der Waals surface area contributed by atoms with Crippen LogP contribution < -0.4 is 9.47 Å². The van der Waals surface area contributed by atoms with Gasteiger partial charge in [-0.15, -0.1) is 0 Å². The molecule has 6 heteroatoms. The Bertz CT molecular complexity index is 459. The Morgan fingerprint density at radius 2 is 1.45 bits per heavy atom. The largest absolute Gasteiger partial charge is 0.477 e. The van der Waals surface area contributed by atoms with Crippen molar-refractivity contribution in [3.63, 3.8) is 0 Å². The van der Waals surface area contributed by atoms with E-state index in [2.05, 4.69) is 62.7 Å². The first-order valence-electron chi connectivity index (χ1n) is 7.87. The van der Waals surface area contributed by atoms with Crippen molar-refractivity contribution < 1.29 is 9.47 Å². The van der Waals surface area contributed by atoms with Crippen molar-refractivity contribution in [2.75, 3.05) is 14.2 Å². The summed E-state index contributed by atoms with van der Waals surface area (Å²) in [5.41, 5.74) is 3.14. The Kier molecular flexibility index (Phi) is 7.19. The molecule has 0 aliphatic rings. The fourth-order valence-electron chi connectivity index (χ4n) is 3.44. The fraction of sp³-hybridized carbons (Fsp3) is 0.750. The Morgan fingerprint density at radius 3 is 1.86 bits per heavy atom. The van der Waals surface area contributed by atoms with E-state index >= 15 is 0 Å². The third-order valence-electron chi connectivity index (χ3n) is 4.32. The Balaban J connectivity index is 2.99. The summed E-state index contributed by atoms with van der Waals surface area (Å²) in [5, 5.41) is 0. The number of ether oxygens (including phenoxy) is 2. The van der Waals surface area contributed by atoms with Gasteiger partial charge in [-0.05, 0) is 16.6 Å². The molecule has 0 radical (unpaired) electrons. The first-order chi connectivity index (χ1) is 10.3. The maximum Gasteiger partial charge on any atom is 0.278 e. The summed E-state index contributed by atoms with van der Waals surface area (Å²) in [6, 6.07) is 0. The topological polar surface area (TPSA) is 44.2 Å². The molecule has 0 aromatic carbocycles. The molecule has 1 aromatic rings. The van der Waals surface area contributed by atoms with Gasteiger partial charge < -0.3 is 9.47 Å². The van der Waals surface area contributed by atoms with Crippen molar-refractivity contribution in [2.45, 2.75) is 63.9 Å². The van der Waals surface area contributed by atoms with Crippen LogP contribution in [0.2, 0.25) is 16.6 Å². The van der Waals surface area contributed by atoms with Crippen LogP contribution in [0.5, 0.6) is 11.8 Å². The quantitative estimate of drug-likeness (QED) is 0.629. The summed E-state index contributed by atoms with van der Waals surface area (Å²) in [5.74, 6) is 1.79. The van der Waals surface area contributed by atoms with E-state index in [1.165, 1.54) is 0 Å². The molecule has 0 spiro atoms. The molecule has 1 aromatic heterocycles. The van der Waals surface area contributed by atoms with Crippen LogP contribution >= 0.6 is 11.2 Å². The van der Waals surface area contributed by atoms with Gasteiger partial charge in [0.05, 0.1) is 26.1 Å². The zero-order valence-electron chi connectivity index (χ0n) is 15.1. The number of aromatic nitrogens is 2. The molecule has 0 fully saturated rings. The van der Waals surface area contributed by atoms with Gasteiger partial charge >= 0.3 is 0 Å². The van der Waals surface area contributed by atoms with Crippen molar-refractivity contribution in [1.82, 2.24) is 9.97 Å². The fourth-order valence-corrected chi connectivity index (χ4v) is 13.2. The molecule has 4 nitrogen and oxygen atoms in total. The minimum Gasteiger partial charge on any atom is -0.477 e. The third-order valence-corrected chi connectivity index (χ3v) is 16.9. The highest BCUT2D eigenvalue weighted by Crippen LogP contribution is 2.50. The van der Waals surface area contributed by atoms with Gasteiger partial charge in [0.2, 0.25) is 0 Å². The molecule has 0 saturated carbocycles. The van der Waals surface area contributed by atoms with Crippen molar-refractivity contribution in [3.8, 4) is 11.8 Å². The summed E-state index contributed by atoms with van der Waals surface area (Å²) in [6.07, 6.45) is 1.80. The number of hydrogen-bond donors (Lipinski definition) is 0. The third kappa shape index (κ3) is 3.96. The molecule has 126 valence electrons. The van der Waals surface area contributed by atoms with Gasteiger partial charge in [-0.1, -0.05) is 41.5 Å². The van der Waals surface area contributed by atoms with Crippen LogP contribution in [0.15, 0.2) is 6.20 Å². The van der Waals surface area contributed by atoms with Crippen LogP contribution in [-0.2, 0) is 5.75 Å². The maximum atomic E-state index is 5.25. The van der Waals surface area contributed by atoms with E-state index in [-0.39, 0.29) is 0 Å². The second-order valence-electron chi connectivity index (χ2n) is 6.49. The Morgan fingerprint density at radius 1 is 0.955 bits per heavy atom. The Labute approximate surface area is 140 Å². The summed E-state index contributed by atoms with van der Waals surface area (Å²) in [6.45, 7) is 14.2. The molecule has 0 aliphatic carbocycles. The minimum absolute atomic E-state index is 0.441. The van der Waals surface area contributed by atoms with Gasteiger partial charge in [-0.3, -0.25) is 0 Å². The van der Waals surface area contributed by atoms with Crippen LogP contribution in [0.25, 0.3) is 0 Å². The second-order valence-corrected chi connectivity index (χ2v) is 15.2. The number of nitrogens with zero attached hydrogens (tertiary/aromatic N) is 2. The molecule has 22 heavy (non-hydrogen) atoms. The molecule has 0 atom stereocenters. The molecular weight excluding hydrogens is 312 g/mol. The van der Waals surface area contributed by atoms with Gasteiger partial charge in [-0.25, -0.2) is 9.97 Å². The lowest BCUT2D eigenvalue weighted by molar-refractivity contribution is 0.330. The van der Waals surface area contributed by atoms with Crippen LogP contribution in [0.3, 0.4) is 0 Å². The average molecular weight is 343 g/mol. The maximum absolute atomic E-state index is 5.25.